The maximum Gasteiger partial charge on any atom is 0.416 e. The lowest BCUT2D eigenvalue weighted by molar-refractivity contribution is -0.138. The number of aromatic carboxylic acids is 1. The maximum absolute atomic E-state index is 13.5. The minimum absolute atomic E-state index is 0.0894. The Morgan fingerprint density at radius 3 is 2.56 bits per heavy atom. The van der Waals surface area contributed by atoms with Gasteiger partial charge in [-0.15, -0.1) is 0 Å². The molecule has 2 aliphatic rings. The quantitative estimate of drug-likeness (QED) is 0.796. The molecule has 0 aliphatic carbocycles. The van der Waals surface area contributed by atoms with Gasteiger partial charge in [0.2, 0.25) is 0 Å². The average Bonchev–Trinajstić information content (AvgIpc) is 2.62. The number of nitrogens with zero attached hydrogens (tertiary/aromatic N) is 2. The second-order valence-corrected chi connectivity index (χ2v) is 6.72. The van der Waals surface area contributed by atoms with Crippen LogP contribution in [0.2, 0.25) is 0 Å². The van der Waals surface area contributed by atoms with Crippen molar-refractivity contribution in [2.75, 3.05) is 11.9 Å². The lowest BCUT2D eigenvalue weighted by atomic mass is 9.83. The molecule has 0 saturated carbocycles. The van der Waals surface area contributed by atoms with Gasteiger partial charge in [-0.05, 0) is 35.7 Å². The second-order valence-electron chi connectivity index (χ2n) is 6.72. The van der Waals surface area contributed by atoms with Crippen molar-refractivity contribution in [2.45, 2.75) is 25.7 Å². The number of amides is 2. The summed E-state index contributed by atoms with van der Waals surface area (Å²) in [6, 6.07) is 5.94. The number of anilines is 1. The molecule has 1 atom stereocenters. The summed E-state index contributed by atoms with van der Waals surface area (Å²) in [5.74, 6) is -1.25. The molecule has 0 bridgehead atoms. The molecule has 2 heterocycles. The van der Waals surface area contributed by atoms with Crippen molar-refractivity contribution in [3.63, 3.8) is 0 Å². The average molecular weight is 376 g/mol. The van der Waals surface area contributed by atoms with Crippen LogP contribution in [0.5, 0.6) is 0 Å². The topological polar surface area (TPSA) is 60.9 Å². The van der Waals surface area contributed by atoms with Gasteiger partial charge < -0.3 is 10.0 Å². The zero-order valence-electron chi connectivity index (χ0n) is 14.5. The van der Waals surface area contributed by atoms with Crippen LogP contribution in [-0.2, 0) is 12.7 Å². The van der Waals surface area contributed by atoms with Crippen LogP contribution in [0.4, 0.5) is 23.7 Å². The first-order chi connectivity index (χ1) is 12.6. The first-order valence-electron chi connectivity index (χ1n) is 8.27. The number of halogens is 3. The van der Waals surface area contributed by atoms with E-state index in [2.05, 4.69) is 0 Å². The molecule has 2 aliphatic heterocycles. The number of fused-ring (bicyclic) bond motifs is 2. The number of carbonyl (C=O) groups is 2. The van der Waals surface area contributed by atoms with E-state index in [1.54, 1.807) is 20.0 Å². The van der Waals surface area contributed by atoms with Crippen LogP contribution >= 0.6 is 0 Å². The van der Waals surface area contributed by atoms with Crippen LogP contribution in [0, 0.1) is 0 Å². The second kappa shape index (κ2) is 5.48. The fourth-order valence-corrected chi connectivity index (χ4v) is 3.91. The van der Waals surface area contributed by atoms with E-state index in [1.165, 1.54) is 28.0 Å². The molecule has 4 rings (SSSR count). The Morgan fingerprint density at radius 2 is 1.93 bits per heavy atom. The molecule has 0 saturated heterocycles. The van der Waals surface area contributed by atoms with Crippen molar-refractivity contribution in [1.29, 1.82) is 0 Å². The Hall–Kier alpha value is -3.03. The molecule has 140 valence electrons. The third-order valence-corrected chi connectivity index (χ3v) is 5.34. The summed E-state index contributed by atoms with van der Waals surface area (Å²) in [6.45, 7) is 1.54. The lowest BCUT2D eigenvalue weighted by Gasteiger charge is -2.43. The number of benzene rings is 2. The summed E-state index contributed by atoms with van der Waals surface area (Å²) in [6.07, 6.45) is -4.61. The van der Waals surface area contributed by atoms with Gasteiger partial charge in [0.05, 0.1) is 29.4 Å². The van der Waals surface area contributed by atoms with Crippen LogP contribution in [0.15, 0.2) is 30.3 Å². The highest BCUT2D eigenvalue weighted by molar-refractivity contribution is 6.09. The summed E-state index contributed by atoms with van der Waals surface area (Å²) < 4.78 is 40.6. The van der Waals surface area contributed by atoms with E-state index in [0.717, 1.165) is 6.07 Å². The van der Waals surface area contributed by atoms with E-state index >= 15 is 0 Å². The number of alkyl halides is 3. The number of hydrogen-bond donors (Lipinski definition) is 1. The van der Waals surface area contributed by atoms with E-state index in [1.807, 2.05) is 0 Å². The minimum Gasteiger partial charge on any atom is -0.478 e. The summed E-state index contributed by atoms with van der Waals surface area (Å²) in [4.78, 5) is 27.3. The highest BCUT2D eigenvalue weighted by Crippen LogP contribution is 2.50. The van der Waals surface area contributed by atoms with Gasteiger partial charge in [0.1, 0.15) is 0 Å². The first kappa shape index (κ1) is 17.4. The van der Waals surface area contributed by atoms with Gasteiger partial charge in [-0.2, -0.15) is 13.2 Å². The molecule has 0 spiro atoms. The van der Waals surface area contributed by atoms with Gasteiger partial charge in [-0.1, -0.05) is 18.2 Å². The Morgan fingerprint density at radius 1 is 1.22 bits per heavy atom. The van der Waals surface area contributed by atoms with E-state index < -0.39 is 23.7 Å². The molecule has 2 amide bonds. The molecule has 0 unspecified atom stereocenters. The zero-order valence-corrected chi connectivity index (χ0v) is 14.5. The van der Waals surface area contributed by atoms with Crippen molar-refractivity contribution >= 4 is 17.7 Å². The Balaban J connectivity index is 2.13. The fraction of sp³-hybridized carbons (Fsp3) is 0.263. The van der Waals surface area contributed by atoms with Crippen molar-refractivity contribution in [3.8, 4) is 11.1 Å². The van der Waals surface area contributed by atoms with E-state index in [9.17, 15) is 27.9 Å². The minimum atomic E-state index is -4.61. The molecule has 1 N–H and O–H groups in total. The molecular formula is C19H15F3N2O3. The Labute approximate surface area is 152 Å². The fourth-order valence-electron chi connectivity index (χ4n) is 3.91. The molecule has 0 radical (unpaired) electrons. The smallest absolute Gasteiger partial charge is 0.416 e. The SMILES string of the molecule is C[C@H]1c2ccc(C(=O)O)c3c2N(Cc2c-3cccc2C(F)(F)F)C(=O)N1C. The van der Waals surface area contributed by atoms with Crippen LogP contribution < -0.4 is 4.90 Å². The molecule has 5 nitrogen and oxygen atoms in total. The van der Waals surface area contributed by atoms with Crippen molar-refractivity contribution in [2.24, 2.45) is 0 Å². The van der Waals surface area contributed by atoms with Crippen molar-refractivity contribution in [1.82, 2.24) is 4.90 Å². The number of urea groups is 1. The third-order valence-electron chi connectivity index (χ3n) is 5.34. The van der Waals surface area contributed by atoms with Gasteiger partial charge in [0.15, 0.2) is 0 Å². The molecule has 2 aromatic carbocycles. The maximum atomic E-state index is 13.5. The molecule has 27 heavy (non-hydrogen) atoms. The molecule has 0 aromatic heterocycles. The predicted octanol–water partition coefficient (Wildman–Crippen LogP) is 4.52. The van der Waals surface area contributed by atoms with Gasteiger partial charge in [-0.3, -0.25) is 4.90 Å². The van der Waals surface area contributed by atoms with Crippen LogP contribution in [0.3, 0.4) is 0 Å². The van der Waals surface area contributed by atoms with Crippen molar-refractivity contribution < 1.29 is 27.9 Å². The van der Waals surface area contributed by atoms with Gasteiger partial charge in [-0.25, -0.2) is 9.59 Å². The summed E-state index contributed by atoms with van der Waals surface area (Å²) in [5.41, 5.74) is 0.400. The zero-order chi connectivity index (χ0) is 19.7. The third kappa shape index (κ3) is 2.32. The van der Waals surface area contributed by atoms with Crippen LogP contribution in [0.25, 0.3) is 11.1 Å². The number of hydrogen-bond acceptors (Lipinski definition) is 2. The highest BCUT2D eigenvalue weighted by Gasteiger charge is 2.43. The first-order valence-corrected chi connectivity index (χ1v) is 8.27. The van der Waals surface area contributed by atoms with Crippen molar-refractivity contribution in [3.05, 3.63) is 52.6 Å². The summed E-state index contributed by atoms with van der Waals surface area (Å²) in [7, 11) is 1.58. The normalized spacial score (nSPS) is 18.3. The number of rotatable bonds is 1. The van der Waals surface area contributed by atoms with Gasteiger partial charge in [0, 0.05) is 12.6 Å². The molecule has 2 aromatic rings. The molecule has 0 fully saturated rings. The van der Waals surface area contributed by atoms with Crippen LogP contribution in [0.1, 0.15) is 40.0 Å². The molecular weight excluding hydrogens is 361 g/mol. The Bertz CT molecular complexity index is 1000. The molecule has 8 heteroatoms. The number of carboxylic acid groups (broad SMARTS) is 1. The van der Waals surface area contributed by atoms with Crippen LogP contribution in [-0.4, -0.2) is 29.1 Å². The van der Waals surface area contributed by atoms with Gasteiger partial charge in [0.25, 0.3) is 0 Å². The monoisotopic (exact) mass is 376 g/mol. The van der Waals surface area contributed by atoms with E-state index in [0.29, 0.717) is 11.3 Å². The highest BCUT2D eigenvalue weighted by atomic mass is 19.4. The van der Waals surface area contributed by atoms with Gasteiger partial charge >= 0.3 is 18.2 Å². The summed E-state index contributed by atoms with van der Waals surface area (Å²) >= 11 is 0. The predicted molar refractivity (Wildman–Crippen MR) is 91.6 cm³/mol. The summed E-state index contributed by atoms with van der Waals surface area (Å²) in [5, 5.41) is 9.61. The largest absolute Gasteiger partial charge is 0.478 e. The van der Waals surface area contributed by atoms with E-state index in [4.69, 9.17) is 0 Å². The lowest BCUT2D eigenvalue weighted by Crippen LogP contribution is -2.48. The number of carboxylic acids is 1. The Kier molecular flexibility index (Phi) is 3.53. The standard InChI is InChI=1S/C19H15F3N2O3/c1-9-10-6-7-12(17(25)26)15-11-4-3-5-14(19(20,21)22)13(11)8-24(16(10)15)18(27)23(9)2/h3-7,9H,8H2,1-2H3,(H,25,26)/t9-/m0/s1. The van der Waals surface area contributed by atoms with E-state index in [-0.39, 0.29) is 34.8 Å². The number of carbonyl (C=O) groups excluding carboxylic acids is 1.